The predicted octanol–water partition coefficient (Wildman–Crippen LogP) is 1.97. The smallest absolute Gasteiger partial charge is 0.241 e. The number of amides is 1. The fraction of sp³-hybridized carbons (Fsp3) is 0.286. The molecule has 0 saturated heterocycles. The van der Waals surface area contributed by atoms with E-state index in [0.29, 0.717) is 25.5 Å². The second-order valence-corrected chi connectivity index (χ2v) is 6.79. The molecule has 9 heteroatoms. The highest BCUT2D eigenvalue weighted by Gasteiger charge is 2.07. The zero-order chi connectivity index (χ0) is 21.3. The minimum absolute atomic E-state index is 0.0591. The largest absolute Gasteiger partial charge is 0.469 e. The summed E-state index contributed by atoms with van der Waals surface area (Å²) in [5, 5.41) is 10.7. The monoisotopic (exact) mass is 412 g/mol. The molecular formula is C21H25FN6O2. The molecule has 0 radical (unpaired) electrons. The summed E-state index contributed by atoms with van der Waals surface area (Å²) in [5.41, 5.74) is 1.50. The molecule has 0 fully saturated rings. The number of furan rings is 1. The molecule has 1 aromatic carbocycles. The first-order valence-corrected chi connectivity index (χ1v) is 9.56. The van der Waals surface area contributed by atoms with Crippen LogP contribution < -0.4 is 10.6 Å². The lowest BCUT2D eigenvalue weighted by atomic mass is 10.3. The van der Waals surface area contributed by atoms with Gasteiger partial charge in [-0.1, -0.05) is 0 Å². The second-order valence-electron chi connectivity index (χ2n) is 6.79. The van der Waals surface area contributed by atoms with Crippen molar-refractivity contribution in [3.05, 3.63) is 72.2 Å². The lowest BCUT2D eigenvalue weighted by Crippen LogP contribution is -2.43. The highest BCUT2D eigenvalue weighted by Crippen LogP contribution is 2.09. The fourth-order valence-electron chi connectivity index (χ4n) is 2.59. The van der Waals surface area contributed by atoms with E-state index in [1.165, 1.54) is 17.0 Å². The van der Waals surface area contributed by atoms with Crippen LogP contribution in [0.15, 0.2) is 64.3 Å². The van der Waals surface area contributed by atoms with Gasteiger partial charge in [0.1, 0.15) is 11.6 Å². The number of benzene rings is 1. The third-order valence-corrected chi connectivity index (χ3v) is 4.28. The number of likely N-dealkylation sites (N-methyl/N-ethyl adjacent to an activating group) is 1. The van der Waals surface area contributed by atoms with E-state index in [4.69, 9.17) is 4.42 Å². The van der Waals surface area contributed by atoms with Crippen molar-refractivity contribution >= 4 is 11.9 Å². The first kappa shape index (κ1) is 21.1. The normalized spacial score (nSPS) is 11.4. The topological polar surface area (TPSA) is 87.7 Å². The molecule has 0 bridgehead atoms. The van der Waals surface area contributed by atoms with E-state index in [2.05, 4.69) is 20.7 Å². The van der Waals surface area contributed by atoms with Crippen LogP contribution in [0.5, 0.6) is 0 Å². The number of carbonyl (C=O) groups is 1. The maximum Gasteiger partial charge on any atom is 0.241 e. The van der Waals surface area contributed by atoms with Gasteiger partial charge in [-0.3, -0.25) is 4.79 Å². The lowest BCUT2D eigenvalue weighted by molar-refractivity contribution is -0.127. The molecule has 2 aromatic heterocycles. The van der Waals surface area contributed by atoms with Crippen LogP contribution in [0.3, 0.4) is 0 Å². The van der Waals surface area contributed by atoms with Gasteiger partial charge >= 0.3 is 0 Å². The third-order valence-electron chi connectivity index (χ3n) is 4.28. The molecule has 2 heterocycles. The summed E-state index contributed by atoms with van der Waals surface area (Å²) in [6.07, 6.45) is 4.12. The molecule has 0 aliphatic heterocycles. The van der Waals surface area contributed by atoms with E-state index in [-0.39, 0.29) is 18.3 Å². The van der Waals surface area contributed by atoms with Crippen molar-refractivity contribution in [1.29, 1.82) is 0 Å². The quantitative estimate of drug-likeness (QED) is 0.436. The Morgan fingerprint density at radius 3 is 2.70 bits per heavy atom. The van der Waals surface area contributed by atoms with Crippen molar-refractivity contribution < 1.29 is 13.6 Å². The first-order valence-electron chi connectivity index (χ1n) is 9.56. The number of halogens is 1. The molecule has 0 atom stereocenters. The molecule has 0 unspecified atom stereocenters. The van der Waals surface area contributed by atoms with Gasteiger partial charge in [0.2, 0.25) is 5.91 Å². The Bertz CT molecular complexity index is 964. The molecular weight excluding hydrogens is 387 g/mol. The van der Waals surface area contributed by atoms with E-state index in [1.54, 1.807) is 43.4 Å². The van der Waals surface area contributed by atoms with Gasteiger partial charge in [0.15, 0.2) is 5.96 Å². The van der Waals surface area contributed by atoms with E-state index in [0.717, 1.165) is 17.1 Å². The number of aromatic nitrogens is 2. The molecule has 3 rings (SSSR count). The summed E-state index contributed by atoms with van der Waals surface area (Å²) >= 11 is 0. The van der Waals surface area contributed by atoms with Crippen LogP contribution >= 0.6 is 0 Å². The third kappa shape index (κ3) is 6.20. The van der Waals surface area contributed by atoms with Crippen molar-refractivity contribution in [2.45, 2.75) is 13.0 Å². The maximum absolute atomic E-state index is 13.1. The highest BCUT2D eigenvalue weighted by molar-refractivity contribution is 5.86. The van der Waals surface area contributed by atoms with Crippen LogP contribution in [0.1, 0.15) is 11.5 Å². The molecule has 0 aliphatic carbocycles. The van der Waals surface area contributed by atoms with E-state index < -0.39 is 0 Å². The minimum atomic E-state index is -0.292. The summed E-state index contributed by atoms with van der Waals surface area (Å²) < 4.78 is 20.1. The maximum atomic E-state index is 13.1. The lowest BCUT2D eigenvalue weighted by Gasteiger charge is -2.14. The molecule has 1 amide bonds. The molecule has 2 N–H and O–H groups in total. The molecule has 0 saturated carbocycles. The Morgan fingerprint density at radius 1 is 1.20 bits per heavy atom. The van der Waals surface area contributed by atoms with Gasteiger partial charge in [-0.25, -0.2) is 14.1 Å². The van der Waals surface area contributed by atoms with Crippen molar-refractivity contribution in [2.75, 3.05) is 27.2 Å². The summed E-state index contributed by atoms with van der Waals surface area (Å²) in [6, 6.07) is 11.7. The first-order chi connectivity index (χ1) is 14.5. The molecule has 158 valence electrons. The zero-order valence-corrected chi connectivity index (χ0v) is 17.0. The number of carbonyl (C=O) groups excluding carboxylic acids is 1. The van der Waals surface area contributed by atoms with Crippen LogP contribution in [0.2, 0.25) is 0 Å². The molecule has 8 nitrogen and oxygen atoms in total. The van der Waals surface area contributed by atoms with Crippen LogP contribution in [-0.2, 0) is 17.8 Å². The van der Waals surface area contributed by atoms with Crippen molar-refractivity contribution in [2.24, 2.45) is 4.99 Å². The Balaban J connectivity index is 1.62. The molecule has 3 aromatic rings. The number of guanidine groups is 1. The average Bonchev–Trinajstić information content (AvgIpc) is 3.42. The van der Waals surface area contributed by atoms with Crippen LogP contribution in [-0.4, -0.2) is 53.7 Å². The summed E-state index contributed by atoms with van der Waals surface area (Å²) in [5.74, 6) is 1.02. The Labute approximate surface area is 174 Å². The number of aliphatic imine (C=N–C) groups is 1. The molecule has 0 aliphatic rings. The van der Waals surface area contributed by atoms with E-state index in [9.17, 15) is 9.18 Å². The van der Waals surface area contributed by atoms with Crippen LogP contribution in [0, 0.1) is 5.82 Å². The highest BCUT2D eigenvalue weighted by atomic mass is 19.1. The standard InChI is InChI=1S/C21H25FN6O2/c1-27(2)20(29)15-25-21(23-11-9-19-4-3-13-30-19)24-14-17-10-12-28(26-17)18-7-5-16(22)6-8-18/h3-8,10,12-13H,9,11,14-15H2,1-2H3,(H2,23,24,25). The van der Waals surface area contributed by atoms with Crippen LogP contribution in [0.4, 0.5) is 4.39 Å². The van der Waals surface area contributed by atoms with Gasteiger partial charge in [0.05, 0.1) is 30.7 Å². The average molecular weight is 412 g/mol. The summed E-state index contributed by atoms with van der Waals surface area (Å²) in [7, 11) is 3.40. The van der Waals surface area contributed by atoms with Crippen LogP contribution in [0.25, 0.3) is 5.69 Å². The van der Waals surface area contributed by atoms with Gasteiger partial charge in [0.25, 0.3) is 0 Å². The minimum Gasteiger partial charge on any atom is -0.469 e. The number of rotatable bonds is 8. The Hall–Kier alpha value is -3.62. The van der Waals surface area contributed by atoms with Gasteiger partial charge in [-0.05, 0) is 42.5 Å². The van der Waals surface area contributed by atoms with Gasteiger partial charge in [0, 0.05) is 33.3 Å². The number of nitrogens with zero attached hydrogens (tertiary/aromatic N) is 4. The Kier molecular flexibility index (Phi) is 7.20. The van der Waals surface area contributed by atoms with Gasteiger partial charge < -0.3 is 20.0 Å². The fourth-order valence-corrected chi connectivity index (χ4v) is 2.59. The number of hydrogen-bond acceptors (Lipinski definition) is 4. The van der Waals surface area contributed by atoms with E-state index >= 15 is 0 Å². The van der Waals surface area contributed by atoms with Gasteiger partial charge in [-0.2, -0.15) is 5.10 Å². The predicted molar refractivity (Wildman–Crippen MR) is 112 cm³/mol. The van der Waals surface area contributed by atoms with Crippen molar-refractivity contribution in [1.82, 2.24) is 25.3 Å². The molecule has 30 heavy (non-hydrogen) atoms. The van der Waals surface area contributed by atoms with Gasteiger partial charge in [-0.15, -0.1) is 0 Å². The zero-order valence-electron chi connectivity index (χ0n) is 17.0. The SMILES string of the molecule is CN(C)C(=O)CNC(=NCc1ccn(-c2ccc(F)cc2)n1)NCCc1ccco1. The second kappa shape index (κ2) is 10.2. The number of hydrogen-bond donors (Lipinski definition) is 2. The van der Waals surface area contributed by atoms with E-state index in [1.807, 2.05) is 18.2 Å². The van der Waals surface area contributed by atoms with Crippen molar-refractivity contribution in [3.63, 3.8) is 0 Å². The number of nitrogens with one attached hydrogen (secondary N) is 2. The summed E-state index contributed by atoms with van der Waals surface area (Å²) in [4.78, 5) is 17.9. The van der Waals surface area contributed by atoms with Crippen molar-refractivity contribution in [3.8, 4) is 5.69 Å². The Morgan fingerprint density at radius 2 is 2.00 bits per heavy atom. The molecule has 0 spiro atoms. The summed E-state index contributed by atoms with van der Waals surface area (Å²) in [6.45, 7) is 1.05.